The number of halogens is 1. The number of hydrogen-bond donors (Lipinski definition) is 1. The number of sulfonamides is 1. The van der Waals surface area contributed by atoms with Crippen LogP contribution in [0.15, 0.2) is 27.6 Å². The molecule has 0 heterocycles. The highest BCUT2D eigenvalue weighted by Crippen LogP contribution is 2.20. The maximum absolute atomic E-state index is 12.2. The Hall–Kier alpha value is -0.920. The minimum atomic E-state index is -3.76. The van der Waals surface area contributed by atoms with Crippen LogP contribution in [0.2, 0.25) is 0 Å². The topological polar surface area (TPSA) is 72.5 Å². The summed E-state index contributed by atoms with van der Waals surface area (Å²) in [6.45, 7) is 5.01. The first-order chi connectivity index (χ1) is 8.77. The number of benzene rings is 1. The molecule has 0 aliphatic heterocycles. The SMILES string of the molecule is CCOC(=O)C(C)NS(=O)(=O)c1cc(Br)ccc1C. The predicted octanol–water partition coefficient (Wildman–Crippen LogP) is 1.99. The lowest BCUT2D eigenvalue weighted by Gasteiger charge is -2.14. The van der Waals surface area contributed by atoms with E-state index in [1.807, 2.05) is 0 Å². The second-order valence-electron chi connectivity index (χ2n) is 4.00. The van der Waals surface area contributed by atoms with Crippen molar-refractivity contribution in [3.8, 4) is 0 Å². The van der Waals surface area contributed by atoms with Gasteiger partial charge in [-0.05, 0) is 38.5 Å². The molecular weight excluding hydrogens is 334 g/mol. The first kappa shape index (κ1) is 16.1. The fourth-order valence-electron chi connectivity index (χ4n) is 1.48. The van der Waals surface area contributed by atoms with Crippen LogP contribution in [0.1, 0.15) is 19.4 Å². The lowest BCUT2D eigenvalue weighted by atomic mass is 10.2. The molecule has 1 unspecified atom stereocenters. The number of aryl methyl sites for hydroxylation is 1. The molecule has 0 aliphatic rings. The van der Waals surface area contributed by atoms with E-state index < -0.39 is 22.0 Å². The van der Waals surface area contributed by atoms with Crippen LogP contribution in [0.25, 0.3) is 0 Å². The molecular formula is C12H16BrNO4S. The molecule has 0 amide bonds. The van der Waals surface area contributed by atoms with Gasteiger partial charge in [0.2, 0.25) is 10.0 Å². The number of ether oxygens (including phenoxy) is 1. The Morgan fingerprint density at radius 2 is 2.11 bits per heavy atom. The third-order valence-electron chi connectivity index (χ3n) is 2.41. The van der Waals surface area contributed by atoms with Crippen molar-refractivity contribution in [2.75, 3.05) is 6.61 Å². The van der Waals surface area contributed by atoms with Crippen LogP contribution >= 0.6 is 15.9 Å². The molecule has 7 heteroatoms. The van der Waals surface area contributed by atoms with Gasteiger partial charge < -0.3 is 4.74 Å². The molecule has 0 saturated carbocycles. The van der Waals surface area contributed by atoms with Gasteiger partial charge in [-0.15, -0.1) is 0 Å². The summed E-state index contributed by atoms with van der Waals surface area (Å²) in [6.07, 6.45) is 0. The summed E-state index contributed by atoms with van der Waals surface area (Å²) in [5.41, 5.74) is 0.603. The summed E-state index contributed by atoms with van der Waals surface area (Å²) in [5, 5.41) is 0. The van der Waals surface area contributed by atoms with Crippen molar-refractivity contribution in [3.63, 3.8) is 0 Å². The summed E-state index contributed by atoms with van der Waals surface area (Å²) in [5.74, 6) is -0.598. The minimum absolute atomic E-state index is 0.137. The van der Waals surface area contributed by atoms with Crippen LogP contribution < -0.4 is 4.72 Å². The van der Waals surface area contributed by atoms with Crippen LogP contribution in [0.5, 0.6) is 0 Å². The molecule has 5 nitrogen and oxygen atoms in total. The number of rotatable bonds is 5. The molecule has 0 bridgehead atoms. The minimum Gasteiger partial charge on any atom is -0.465 e. The summed E-state index contributed by atoms with van der Waals surface area (Å²) >= 11 is 3.22. The highest BCUT2D eigenvalue weighted by atomic mass is 79.9. The van der Waals surface area contributed by atoms with Crippen molar-refractivity contribution in [3.05, 3.63) is 28.2 Å². The Kier molecular flexibility index (Phi) is 5.51. The van der Waals surface area contributed by atoms with Crippen LogP contribution in [0.4, 0.5) is 0 Å². The Labute approximate surface area is 121 Å². The molecule has 0 aliphatic carbocycles. The van der Waals surface area contributed by atoms with Crippen LogP contribution in [-0.4, -0.2) is 27.0 Å². The van der Waals surface area contributed by atoms with Gasteiger partial charge >= 0.3 is 5.97 Å². The second-order valence-corrected chi connectivity index (χ2v) is 6.60. The Morgan fingerprint density at radius 1 is 1.47 bits per heavy atom. The van der Waals surface area contributed by atoms with Crippen molar-refractivity contribution in [2.24, 2.45) is 0 Å². The zero-order valence-corrected chi connectivity index (χ0v) is 13.3. The van der Waals surface area contributed by atoms with Crippen molar-refractivity contribution in [1.29, 1.82) is 0 Å². The average molecular weight is 350 g/mol. The molecule has 1 aromatic rings. The maximum Gasteiger partial charge on any atom is 0.323 e. The van der Waals surface area contributed by atoms with E-state index in [9.17, 15) is 13.2 Å². The van der Waals surface area contributed by atoms with E-state index in [-0.39, 0.29) is 11.5 Å². The highest BCUT2D eigenvalue weighted by Gasteiger charge is 2.24. The van der Waals surface area contributed by atoms with Gasteiger partial charge in [0.25, 0.3) is 0 Å². The zero-order valence-electron chi connectivity index (χ0n) is 10.9. The molecule has 1 aromatic carbocycles. The van der Waals surface area contributed by atoms with E-state index in [4.69, 9.17) is 4.74 Å². The molecule has 106 valence electrons. The van der Waals surface area contributed by atoms with E-state index in [0.29, 0.717) is 10.0 Å². The number of esters is 1. The molecule has 0 saturated heterocycles. The number of carbonyl (C=O) groups excluding carboxylic acids is 1. The third-order valence-corrected chi connectivity index (χ3v) is 4.59. The summed E-state index contributed by atoms with van der Waals surface area (Å²) < 4.78 is 32.1. The number of carbonyl (C=O) groups is 1. The van der Waals surface area contributed by atoms with Gasteiger partial charge in [-0.1, -0.05) is 22.0 Å². The Morgan fingerprint density at radius 3 is 2.68 bits per heavy atom. The van der Waals surface area contributed by atoms with Gasteiger partial charge in [-0.3, -0.25) is 4.79 Å². The molecule has 0 fully saturated rings. The lowest BCUT2D eigenvalue weighted by molar-refractivity contribution is -0.144. The van der Waals surface area contributed by atoms with Gasteiger partial charge in [0.1, 0.15) is 6.04 Å². The molecule has 0 radical (unpaired) electrons. The van der Waals surface area contributed by atoms with Gasteiger partial charge in [0.05, 0.1) is 11.5 Å². The maximum atomic E-state index is 12.2. The van der Waals surface area contributed by atoms with E-state index in [0.717, 1.165) is 0 Å². The van der Waals surface area contributed by atoms with Crippen molar-refractivity contribution in [1.82, 2.24) is 4.72 Å². The lowest BCUT2D eigenvalue weighted by Crippen LogP contribution is -2.39. The normalized spacial score (nSPS) is 13.1. The Balaban J connectivity index is 2.99. The summed E-state index contributed by atoms with van der Waals surface area (Å²) in [7, 11) is -3.76. The van der Waals surface area contributed by atoms with Crippen molar-refractivity contribution >= 4 is 31.9 Å². The number of hydrogen-bond acceptors (Lipinski definition) is 4. The standard InChI is InChI=1S/C12H16BrNO4S/c1-4-18-12(15)9(3)14-19(16,17)11-7-10(13)6-5-8(11)2/h5-7,9,14H,4H2,1-3H3. The third kappa shape index (κ3) is 4.29. The highest BCUT2D eigenvalue weighted by molar-refractivity contribution is 9.10. The van der Waals surface area contributed by atoms with Crippen LogP contribution in [0, 0.1) is 6.92 Å². The van der Waals surface area contributed by atoms with Gasteiger partial charge in [0.15, 0.2) is 0 Å². The van der Waals surface area contributed by atoms with Gasteiger partial charge in [-0.25, -0.2) is 8.42 Å². The predicted molar refractivity (Wildman–Crippen MR) is 75.3 cm³/mol. The van der Waals surface area contributed by atoms with E-state index >= 15 is 0 Å². The molecule has 0 aromatic heterocycles. The molecule has 1 atom stereocenters. The smallest absolute Gasteiger partial charge is 0.323 e. The molecule has 1 N–H and O–H groups in total. The Bertz CT molecular complexity index is 571. The quantitative estimate of drug-likeness (QED) is 0.825. The molecule has 1 rings (SSSR count). The summed E-state index contributed by atoms with van der Waals surface area (Å²) in [4.78, 5) is 11.6. The monoisotopic (exact) mass is 349 g/mol. The zero-order chi connectivity index (χ0) is 14.6. The van der Waals surface area contributed by atoms with E-state index in [1.54, 1.807) is 26.0 Å². The first-order valence-electron chi connectivity index (χ1n) is 5.73. The largest absolute Gasteiger partial charge is 0.465 e. The number of nitrogens with one attached hydrogen (secondary N) is 1. The van der Waals surface area contributed by atoms with Crippen LogP contribution in [-0.2, 0) is 19.6 Å². The summed E-state index contributed by atoms with van der Waals surface area (Å²) in [6, 6.07) is 4.01. The molecule has 19 heavy (non-hydrogen) atoms. The second kappa shape index (κ2) is 6.49. The van der Waals surface area contributed by atoms with Gasteiger partial charge in [-0.2, -0.15) is 4.72 Å². The first-order valence-corrected chi connectivity index (χ1v) is 8.00. The van der Waals surface area contributed by atoms with Gasteiger partial charge in [0, 0.05) is 4.47 Å². The van der Waals surface area contributed by atoms with Crippen molar-refractivity contribution < 1.29 is 17.9 Å². The average Bonchev–Trinajstić information content (AvgIpc) is 2.31. The van der Waals surface area contributed by atoms with E-state index in [1.165, 1.54) is 13.0 Å². The fourth-order valence-corrected chi connectivity index (χ4v) is 3.45. The molecule has 0 spiro atoms. The van der Waals surface area contributed by atoms with E-state index in [2.05, 4.69) is 20.7 Å². The van der Waals surface area contributed by atoms with Crippen LogP contribution in [0.3, 0.4) is 0 Å². The fraction of sp³-hybridized carbons (Fsp3) is 0.417. The van der Waals surface area contributed by atoms with Crippen molar-refractivity contribution in [2.45, 2.75) is 31.7 Å².